The zero-order valence-electron chi connectivity index (χ0n) is 10.8. The highest BCUT2D eigenvalue weighted by atomic mass is 35.5. The molecule has 3 N–H and O–H groups in total. The van der Waals surface area contributed by atoms with Crippen LogP contribution in [0, 0.1) is 0 Å². The molecular weight excluding hydrogens is 296 g/mol. The summed E-state index contributed by atoms with van der Waals surface area (Å²) in [6.45, 7) is 0.178. The summed E-state index contributed by atoms with van der Waals surface area (Å²) in [6.07, 6.45) is 0.316. The monoisotopic (exact) mass is 306 g/mol. The van der Waals surface area contributed by atoms with Crippen LogP contribution in [0.5, 0.6) is 0 Å². The van der Waals surface area contributed by atoms with Crippen molar-refractivity contribution in [3.05, 3.63) is 46.3 Å². The molecule has 0 atom stereocenters. The van der Waals surface area contributed by atoms with Gasteiger partial charge in [0.25, 0.3) is 5.91 Å². The van der Waals surface area contributed by atoms with Crippen LogP contribution in [0.15, 0.2) is 28.8 Å². The molecule has 2 heterocycles. The predicted molar refractivity (Wildman–Crippen MR) is 74.5 cm³/mol. The molecule has 0 fully saturated rings. The molecule has 0 unspecified atom stereocenters. The first-order valence-corrected chi connectivity index (χ1v) is 6.51. The molecule has 1 aromatic carbocycles. The summed E-state index contributed by atoms with van der Waals surface area (Å²) < 4.78 is 5.05. The number of carbonyl (C=O) groups is 2. The molecule has 0 saturated heterocycles. The Morgan fingerprint density at radius 2 is 2.29 bits per heavy atom. The summed E-state index contributed by atoms with van der Waals surface area (Å²) in [5.41, 5.74) is 3.67. The molecule has 0 aliphatic carbocycles. The second kappa shape index (κ2) is 5.19. The zero-order valence-corrected chi connectivity index (χ0v) is 11.6. The van der Waals surface area contributed by atoms with Gasteiger partial charge in [-0.3, -0.25) is 15.0 Å². The Bertz CT molecular complexity index is 728. The third-order valence-electron chi connectivity index (χ3n) is 3.22. The van der Waals surface area contributed by atoms with Gasteiger partial charge in [0.1, 0.15) is 0 Å². The molecular formula is C13H11ClN4O3. The molecule has 1 aliphatic heterocycles. The molecule has 7 nitrogen and oxygen atoms in total. The quantitative estimate of drug-likeness (QED) is 0.501. The molecule has 2 amide bonds. The molecule has 21 heavy (non-hydrogen) atoms. The minimum absolute atomic E-state index is 0.0606. The maximum atomic E-state index is 12.1. The number of nitrogen functional groups attached to an aromatic ring is 1. The number of benzene rings is 1. The summed E-state index contributed by atoms with van der Waals surface area (Å²) >= 11 is 5.96. The second-order valence-corrected chi connectivity index (χ2v) is 5.02. The molecule has 3 rings (SSSR count). The van der Waals surface area contributed by atoms with Crippen molar-refractivity contribution in [1.82, 2.24) is 10.6 Å². The van der Waals surface area contributed by atoms with E-state index in [0.29, 0.717) is 17.2 Å². The van der Waals surface area contributed by atoms with E-state index >= 15 is 0 Å². The molecule has 1 aliphatic rings. The van der Waals surface area contributed by atoms with Gasteiger partial charge < -0.3 is 9.42 Å². The molecule has 8 heteroatoms. The fourth-order valence-electron chi connectivity index (χ4n) is 2.23. The average Bonchev–Trinajstić information content (AvgIpc) is 3.05. The lowest BCUT2D eigenvalue weighted by Gasteiger charge is -2.15. The Balaban J connectivity index is 1.85. The number of anilines is 1. The van der Waals surface area contributed by atoms with Crippen LogP contribution in [0.1, 0.15) is 21.8 Å². The van der Waals surface area contributed by atoms with Crippen LogP contribution < -0.4 is 16.2 Å². The van der Waals surface area contributed by atoms with Gasteiger partial charge in [-0.05, 0) is 17.7 Å². The molecule has 1 aromatic heterocycles. The topological polar surface area (TPSA) is 101 Å². The number of nitrogens with one attached hydrogen (secondary N) is 1. The van der Waals surface area contributed by atoms with Gasteiger partial charge >= 0.3 is 0 Å². The minimum Gasteiger partial charge on any atom is -0.359 e. The third-order valence-corrected chi connectivity index (χ3v) is 3.45. The third kappa shape index (κ3) is 2.48. The van der Waals surface area contributed by atoms with E-state index < -0.39 is 5.91 Å². The van der Waals surface area contributed by atoms with Gasteiger partial charge in [0.2, 0.25) is 5.91 Å². The number of hydrazine groups is 1. The number of aromatic nitrogens is 1. The van der Waals surface area contributed by atoms with Crippen LogP contribution in [0.4, 0.5) is 5.69 Å². The fourth-order valence-corrected chi connectivity index (χ4v) is 2.39. The van der Waals surface area contributed by atoms with Crippen LogP contribution in [-0.4, -0.2) is 17.0 Å². The average molecular weight is 307 g/mol. The summed E-state index contributed by atoms with van der Waals surface area (Å²) in [5, 5.41) is 4.15. The number of nitrogens with zero attached hydrogens (tertiary/aromatic N) is 2. The van der Waals surface area contributed by atoms with Crippen molar-refractivity contribution in [3.63, 3.8) is 0 Å². The maximum absolute atomic E-state index is 12.1. The molecule has 0 spiro atoms. The van der Waals surface area contributed by atoms with Gasteiger partial charge in [0, 0.05) is 16.8 Å². The van der Waals surface area contributed by atoms with Crippen molar-refractivity contribution >= 4 is 29.1 Å². The predicted octanol–water partition coefficient (Wildman–Crippen LogP) is 1.02. The van der Waals surface area contributed by atoms with Crippen molar-refractivity contribution in [2.75, 3.05) is 4.90 Å². The van der Waals surface area contributed by atoms with E-state index in [-0.39, 0.29) is 18.1 Å². The largest absolute Gasteiger partial charge is 0.359 e. The lowest BCUT2D eigenvalue weighted by atomic mass is 10.2. The molecule has 0 bridgehead atoms. The number of carbonyl (C=O) groups excluding carboxylic acids is 2. The van der Waals surface area contributed by atoms with Crippen LogP contribution >= 0.6 is 11.6 Å². The lowest BCUT2D eigenvalue weighted by molar-refractivity contribution is -0.117. The van der Waals surface area contributed by atoms with Crippen molar-refractivity contribution in [2.45, 2.75) is 13.0 Å². The van der Waals surface area contributed by atoms with E-state index in [1.165, 1.54) is 6.07 Å². The Morgan fingerprint density at radius 1 is 1.48 bits per heavy atom. The van der Waals surface area contributed by atoms with Crippen LogP contribution in [0.25, 0.3) is 0 Å². The van der Waals surface area contributed by atoms with E-state index in [4.69, 9.17) is 22.0 Å². The highest BCUT2D eigenvalue weighted by Gasteiger charge is 2.28. The van der Waals surface area contributed by atoms with E-state index in [1.54, 1.807) is 17.0 Å². The number of amides is 2. The van der Waals surface area contributed by atoms with Crippen LogP contribution in [0.2, 0.25) is 5.02 Å². The Labute approximate surface area is 124 Å². The standard InChI is InChI=1S/C13H11ClN4O3/c14-8-2-1-7-3-12(19)18(11(7)4-8)6-9-5-10(17-21-9)13(20)16-15/h1-2,4-5H,3,6,15H2,(H,16,20). The second-order valence-electron chi connectivity index (χ2n) is 4.58. The highest BCUT2D eigenvalue weighted by molar-refractivity contribution is 6.31. The Hall–Kier alpha value is -2.38. The summed E-state index contributed by atoms with van der Waals surface area (Å²) in [5.74, 6) is 4.79. The number of nitrogens with two attached hydrogens (primary N) is 1. The van der Waals surface area contributed by atoms with Gasteiger partial charge in [0.05, 0.1) is 13.0 Å². The van der Waals surface area contributed by atoms with Gasteiger partial charge in [-0.2, -0.15) is 0 Å². The zero-order chi connectivity index (χ0) is 15.0. The minimum atomic E-state index is -0.554. The number of hydrogen-bond acceptors (Lipinski definition) is 5. The number of fused-ring (bicyclic) bond motifs is 1. The van der Waals surface area contributed by atoms with E-state index in [2.05, 4.69) is 5.16 Å². The van der Waals surface area contributed by atoms with Gasteiger partial charge in [-0.1, -0.05) is 22.8 Å². The molecule has 0 radical (unpaired) electrons. The van der Waals surface area contributed by atoms with E-state index in [1.807, 2.05) is 11.5 Å². The fraction of sp³-hybridized carbons (Fsp3) is 0.154. The van der Waals surface area contributed by atoms with Crippen molar-refractivity contribution < 1.29 is 14.1 Å². The Kier molecular flexibility index (Phi) is 3.36. The van der Waals surface area contributed by atoms with Crippen molar-refractivity contribution in [2.24, 2.45) is 5.84 Å². The SMILES string of the molecule is NNC(=O)c1cc(CN2C(=O)Cc3ccc(Cl)cc32)on1. The van der Waals surface area contributed by atoms with E-state index in [9.17, 15) is 9.59 Å². The van der Waals surface area contributed by atoms with Gasteiger partial charge in [-0.25, -0.2) is 5.84 Å². The van der Waals surface area contributed by atoms with Gasteiger partial charge in [-0.15, -0.1) is 0 Å². The van der Waals surface area contributed by atoms with Crippen LogP contribution in [-0.2, 0) is 17.8 Å². The van der Waals surface area contributed by atoms with Gasteiger partial charge in [0.15, 0.2) is 11.5 Å². The number of hydrogen-bond donors (Lipinski definition) is 2. The van der Waals surface area contributed by atoms with Crippen molar-refractivity contribution in [3.8, 4) is 0 Å². The Morgan fingerprint density at radius 3 is 3.05 bits per heavy atom. The number of halogens is 1. The smallest absolute Gasteiger partial charge is 0.287 e. The number of rotatable bonds is 3. The summed E-state index contributed by atoms with van der Waals surface area (Å²) in [4.78, 5) is 24.9. The van der Waals surface area contributed by atoms with Crippen LogP contribution in [0.3, 0.4) is 0 Å². The first-order valence-electron chi connectivity index (χ1n) is 6.14. The summed E-state index contributed by atoms with van der Waals surface area (Å²) in [6, 6.07) is 6.74. The summed E-state index contributed by atoms with van der Waals surface area (Å²) in [7, 11) is 0. The molecule has 2 aromatic rings. The molecule has 0 saturated carbocycles. The normalized spacial score (nSPS) is 13.4. The highest BCUT2D eigenvalue weighted by Crippen LogP contribution is 2.32. The van der Waals surface area contributed by atoms with Crippen molar-refractivity contribution in [1.29, 1.82) is 0 Å². The van der Waals surface area contributed by atoms with E-state index in [0.717, 1.165) is 11.3 Å². The molecule has 108 valence electrons. The lowest BCUT2D eigenvalue weighted by Crippen LogP contribution is -2.30. The first kappa shape index (κ1) is 13.6. The first-order chi connectivity index (χ1) is 10.1. The maximum Gasteiger partial charge on any atom is 0.287 e.